The molecule has 3 rings (SSSR count). The van der Waals surface area contributed by atoms with Gasteiger partial charge in [0, 0.05) is 14.1 Å². The van der Waals surface area contributed by atoms with Crippen LogP contribution in [0.5, 0.6) is 17.2 Å². The summed E-state index contributed by atoms with van der Waals surface area (Å²) in [4.78, 5) is 27.2. The molecule has 0 saturated heterocycles. The zero-order valence-electron chi connectivity index (χ0n) is 15.5. The van der Waals surface area contributed by atoms with Gasteiger partial charge < -0.3 is 24.0 Å². The summed E-state index contributed by atoms with van der Waals surface area (Å²) < 4.78 is 11.9. The second-order valence-corrected chi connectivity index (χ2v) is 5.98. The van der Waals surface area contributed by atoms with Crippen LogP contribution in [0.25, 0.3) is 10.9 Å². The minimum atomic E-state index is -0.648. The van der Waals surface area contributed by atoms with E-state index in [0.717, 1.165) is 0 Å². The Morgan fingerprint density at radius 2 is 1.67 bits per heavy atom. The third kappa shape index (κ3) is 2.87. The first kappa shape index (κ1) is 18.3. The predicted molar refractivity (Wildman–Crippen MR) is 103 cm³/mol. The number of aromatic nitrogens is 1. The number of carbonyl (C=O) groups excluding carboxylic acids is 1. The Bertz CT molecular complexity index is 1090. The van der Waals surface area contributed by atoms with E-state index in [4.69, 9.17) is 9.47 Å². The maximum absolute atomic E-state index is 13.1. The fourth-order valence-corrected chi connectivity index (χ4v) is 3.09. The first-order chi connectivity index (χ1) is 12.9. The largest absolute Gasteiger partial charge is 0.506 e. The van der Waals surface area contributed by atoms with Crippen LogP contribution in [0.2, 0.25) is 0 Å². The first-order valence-electron chi connectivity index (χ1n) is 8.22. The fourth-order valence-electron chi connectivity index (χ4n) is 3.09. The average molecular weight is 368 g/mol. The van der Waals surface area contributed by atoms with E-state index in [-0.39, 0.29) is 5.56 Å². The lowest BCUT2D eigenvalue weighted by atomic mass is 10.1. The summed E-state index contributed by atoms with van der Waals surface area (Å²) in [6.07, 6.45) is 0. The average Bonchev–Trinajstić information content (AvgIpc) is 2.70. The third-order valence-corrected chi connectivity index (χ3v) is 4.54. The maximum atomic E-state index is 13.1. The molecular weight excluding hydrogens is 348 g/mol. The van der Waals surface area contributed by atoms with Crippen molar-refractivity contribution in [3.05, 3.63) is 58.4 Å². The lowest BCUT2D eigenvalue weighted by molar-refractivity contribution is 0.0988. The topological polar surface area (TPSA) is 81.0 Å². The molecule has 0 bridgehead atoms. The Morgan fingerprint density at radius 3 is 2.33 bits per heavy atom. The van der Waals surface area contributed by atoms with Gasteiger partial charge >= 0.3 is 0 Å². The molecule has 0 radical (unpaired) electrons. The van der Waals surface area contributed by atoms with Gasteiger partial charge in [-0.3, -0.25) is 9.59 Å². The van der Waals surface area contributed by atoms with Crippen molar-refractivity contribution in [2.45, 2.75) is 0 Å². The van der Waals surface area contributed by atoms with Gasteiger partial charge in [0.25, 0.3) is 11.5 Å². The van der Waals surface area contributed by atoms with Crippen molar-refractivity contribution in [3.63, 3.8) is 0 Å². The van der Waals surface area contributed by atoms with E-state index in [1.807, 2.05) is 0 Å². The molecule has 0 unspecified atom stereocenters. The number of aryl methyl sites for hydroxylation is 1. The van der Waals surface area contributed by atoms with Crippen LogP contribution in [-0.4, -0.2) is 36.8 Å². The van der Waals surface area contributed by atoms with Crippen molar-refractivity contribution in [1.82, 2.24) is 4.57 Å². The van der Waals surface area contributed by atoms with Crippen LogP contribution in [0, 0.1) is 0 Å². The van der Waals surface area contributed by atoms with Gasteiger partial charge in [-0.25, -0.2) is 0 Å². The van der Waals surface area contributed by atoms with Crippen LogP contribution < -0.4 is 19.9 Å². The number of nitrogens with zero attached hydrogens (tertiary/aromatic N) is 2. The van der Waals surface area contributed by atoms with E-state index in [9.17, 15) is 14.7 Å². The lowest BCUT2D eigenvalue weighted by Gasteiger charge is -2.21. The highest BCUT2D eigenvalue weighted by Crippen LogP contribution is 2.35. The molecular formula is C20H20N2O5. The van der Waals surface area contributed by atoms with E-state index in [1.165, 1.54) is 30.7 Å². The number of hydrogen-bond donors (Lipinski definition) is 1. The summed E-state index contributed by atoms with van der Waals surface area (Å²) in [6, 6.07) is 12.0. The molecule has 0 saturated carbocycles. The molecule has 27 heavy (non-hydrogen) atoms. The summed E-state index contributed by atoms with van der Waals surface area (Å²) in [6.45, 7) is 0. The Hall–Kier alpha value is -3.48. The number of methoxy groups -OCH3 is 2. The SMILES string of the molecule is COc1ccccc1N(C)C(=O)c1c(O)c2c(OC)cccc2n(C)c1=O. The summed E-state index contributed by atoms with van der Waals surface area (Å²) >= 11 is 0. The zero-order chi connectivity index (χ0) is 19.7. The molecule has 0 aliphatic rings. The van der Waals surface area contributed by atoms with E-state index in [0.29, 0.717) is 28.1 Å². The molecule has 0 spiro atoms. The van der Waals surface area contributed by atoms with Crippen LogP contribution in [0.1, 0.15) is 10.4 Å². The molecule has 1 N–H and O–H groups in total. The van der Waals surface area contributed by atoms with E-state index in [1.54, 1.807) is 49.5 Å². The molecule has 7 heteroatoms. The summed E-state index contributed by atoms with van der Waals surface area (Å²) in [5, 5.41) is 11.1. The normalized spacial score (nSPS) is 10.7. The number of benzene rings is 2. The molecule has 1 heterocycles. The van der Waals surface area contributed by atoms with Crippen LogP contribution in [-0.2, 0) is 7.05 Å². The van der Waals surface area contributed by atoms with E-state index >= 15 is 0 Å². The van der Waals surface area contributed by atoms with Crippen LogP contribution in [0.15, 0.2) is 47.3 Å². The van der Waals surface area contributed by atoms with Crippen LogP contribution >= 0.6 is 0 Å². The number of hydrogen-bond acceptors (Lipinski definition) is 5. The van der Waals surface area contributed by atoms with Crippen molar-refractivity contribution in [2.75, 3.05) is 26.2 Å². The quantitative estimate of drug-likeness (QED) is 0.765. The second kappa shape index (κ2) is 7.03. The number of aromatic hydroxyl groups is 1. The van der Waals surface area contributed by atoms with Gasteiger partial charge in [-0.05, 0) is 24.3 Å². The highest BCUT2D eigenvalue weighted by atomic mass is 16.5. The van der Waals surface area contributed by atoms with E-state index in [2.05, 4.69) is 0 Å². The fraction of sp³-hybridized carbons (Fsp3) is 0.200. The van der Waals surface area contributed by atoms with Crippen molar-refractivity contribution in [2.24, 2.45) is 7.05 Å². The minimum absolute atomic E-state index is 0.305. The minimum Gasteiger partial charge on any atom is -0.506 e. The molecule has 1 aromatic heterocycles. The van der Waals surface area contributed by atoms with Gasteiger partial charge in [0.1, 0.15) is 22.8 Å². The van der Waals surface area contributed by atoms with Crippen molar-refractivity contribution in [3.8, 4) is 17.2 Å². The monoisotopic (exact) mass is 368 g/mol. The molecule has 0 aliphatic carbocycles. The second-order valence-electron chi connectivity index (χ2n) is 5.98. The predicted octanol–water partition coefficient (Wildman–Crippen LogP) is 2.54. The Morgan fingerprint density at radius 1 is 1.04 bits per heavy atom. The van der Waals surface area contributed by atoms with Gasteiger partial charge in [0.2, 0.25) is 0 Å². The summed E-state index contributed by atoms with van der Waals surface area (Å²) in [5.74, 6) is -0.208. The Labute approximate surface area is 156 Å². The molecule has 1 amide bonds. The number of pyridine rings is 1. The molecule has 3 aromatic rings. The molecule has 0 aliphatic heterocycles. The summed E-state index contributed by atoms with van der Waals surface area (Å²) in [7, 11) is 6.02. The first-order valence-corrected chi connectivity index (χ1v) is 8.22. The van der Waals surface area contributed by atoms with Crippen LogP contribution in [0.3, 0.4) is 0 Å². The Balaban J connectivity index is 2.25. The van der Waals surface area contributed by atoms with Gasteiger partial charge in [0.15, 0.2) is 0 Å². The van der Waals surface area contributed by atoms with Crippen molar-refractivity contribution < 1.29 is 19.4 Å². The number of ether oxygens (including phenoxy) is 2. The van der Waals surface area contributed by atoms with Gasteiger partial charge in [-0.1, -0.05) is 18.2 Å². The molecule has 140 valence electrons. The highest BCUT2D eigenvalue weighted by molar-refractivity contribution is 6.11. The number of fused-ring (bicyclic) bond motifs is 1. The highest BCUT2D eigenvalue weighted by Gasteiger charge is 2.27. The number of para-hydroxylation sites is 2. The lowest BCUT2D eigenvalue weighted by Crippen LogP contribution is -2.34. The number of amides is 1. The smallest absolute Gasteiger partial charge is 0.267 e. The standard InChI is InChI=1S/C20H20N2O5/c1-21(12-8-5-6-10-14(12)26-3)19(24)17-18(23)16-13(22(2)20(17)25)9-7-11-15(16)27-4/h5-11,23H,1-4H3. The maximum Gasteiger partial charge on any atom is 0.267 e. The molecule has 0 fully saturated rings. The van der Waals surface area contributed by atoms with Gasteiger partial charge in [0.05, 0.1) is 30.8 Å². The molecule has 7 nitrogen and oxygen atoms in total. The summed E-state index contributed by atoms with van der Waals surface area (Å²) in [5.41, 5.74) is 0.0165. The number of rotatable bonds is 4. The van der Waals surface area contributed by atoms with Gasteiger partial charge in [-0.2, -0.15) is 0 Å². The van der Waals surface area contributed by atoms with E-state index < -0.39 is 17.2 Å². The van der Waals surface area contributed by atoms with Gasteiger partial charge in [-0.15, -0.1) is 0 Å². The number of anilines is 1. The third-order valence-electron chi connectivity index (χ3n) is 4.54. The zero-order valence-corrected chi connectivity index (χ0v) is 15.5. The van der Waals surface area contributed by atoms with Crippen LogP contribution in [0.4, 0.5) is 5.69 Å². The molecule has 0 atom stereocenters. The molecule has 2 aromatic carbocycles. The van der Waals surface area contributed by atoms with Crippen molar-refractivity contribution in [1.29, 1.82) is 0 Å². The Kier molecular flexibility index (Phi) is 4.77. The van der Waals surface area contributed by atoms with Crippen molar-refractivity contribution >= 4 is 22.5 Å². The number of carbonyl (C=O) groups is 1.